The van der Waals surface area contributed by atoms with Gasteiger partial charge in [-0.25, -0.2) is 9.37 Å². The standard InChI is InChI=1S/C15H19FN2S2/c1-10-9-19-14(18-10)20-13-7-5-6-12(16)11(13)8-17-15(2,3)4/h5-7,9,17H,8H2,1-4H3. The van der Waals surface area contributed by atoms with Gasteiger partial charge in [0.05, 0.1) is 0 Å². The number of benzene rings is 1. The molecule has 2 rings (SSSR count). The summed E-state index contributed by atoms with van der Waals surface area (Å²) in [5.41, 5.74) is 1.67. The molecule has 0 saturated heterocycles. The van der Waals surface area contributed by atoms with Gasteiger partial charge in [0.15, 0.2) is 4.34 Å². The van der Waals surface area contributed by atoms with Crippen LogP contribution in [0.25, 0.3) is 0 Å². The van der Waals surface area contributed by atoms with Crippen molar-refractivity contribution in [3.63, 3.8) is 0 Å². The molecule has 20 heavy (non-hydrogen) atoms. The average Bonchev–Trinajstić information content (AvgIpc) is 2.73. The second kappa shape index (κ2) is 6.24. The van der Waals surface area contributed by atoms with Gasteiger partial charge in [0, 0.05) is 33.6 Å². The fourth-order valence-electron chi connectivity index (χ4n) is 1.63. The van der Waals surface area contributed by atoms with Crippen LogP contribution < -0.4 is 5.32 Å². The summed E-state index contributed by atoms with van der Waals surface area (Å²) in [4.78, 5) is 5.35. The lowest BCUT2D eigenvalue weighted by atomic mass is 10.1. The summed E-state index contributed by atoms with van der Waals surface area (Å²) in [5.74, 6) is -0.167. The molecule has 108 valence electrons. The van der Waals surface area contributed by atoms with Gasteiger partial charge in [0.25, 0.3) is 0 Å². The molecule has 2 aromatic rings. The van der Waals surface area contributed by atoms with Gasteiger partial charge in [-0.1, -0.05) is 17.8 Å². The summed E-state index contributed by atoms with van der Waals surface area (Å²) in [7, 11) is 0. The minimum absolute atomic E-state index is 0.0397. The number of rotatable bonds is 4. The summed E-state index contributed by atoms with van der Waals surface area (Å²) < 4.78 is 15.0. The van der Waals surface area contributed by atoms with Crippen molar-refractivity contribution in [3.05, 3.63) is 40.7 Å². The van der Waals surface area contributed by atoms with Gasteiger partial charge in [-0.05, 0) is 39.8 Å². The van der Waals surface area contributed by atoms with Gasteiger partial charge in [0.2, 0.25) is 0 Å². The van der Waals surface area contributed by atoms with Crippen LogP contribution >= 0.6 is 23.1 Å². The summed E-state index contributed by atoms with van der Waals surface area (Å²) in [5, 5.41) is 5.35. The molecule has 0 unspecified atom stereocenters. The van der Waals surface area contributed by atoms with Gasteiger partial charge >= 0.3 is 0 Å². The van der Waals surface area contributed by atoms with Crippen LogP contribution in [-0.2, 0) is 6.54 Å². The number of nitrogens with zero attached hydrogens (tertiary/aromatic N) is 1. The predicted octanol–water partition coefficient (Wildman–Crippen LogP) is 4.63. The number of nitrogens with one attached hydrogen (secondary N) is 1. The Balaban J connectivity index is 2.21. The van der Waals surface area contributed by atoms with Crippen molar-refractivity contribution in [2.24, 2.45) is 0 Å². The lowest BCUT2D eigenvalue weighted by Crippen LogP contribution is -2.35. The lowest BCUT2D eigenvalue weighted by molar-refractivity contribution is 0.416. The molecule has 0 saturated carbocycles. The number of aryl methyl sites for hydroxylation is 1. The minimum atomic E-state index is -0.167. The van der Waals surface area contributed by atoms with Gasteiger partial charge in [0.1, 0.15) is 5.82 Å². The topological polar surface area (TPSA) is 24.9 Å². The van der Waals surface area contributed by atoms with E-state index in [2.05, 4.69) is 31.1 Å². The third kappa shape index (κ3) is 4.30. The van der Waals surface area contributed by atoms with E-state index in [0.29, 0.717) is 12.1 Å². The summed E-state index contributed by atoms with van der Waals surface area (Å²) in [6, 6.07) is 5.21. The molecule has 0 amide bonds. The molecular weight excluding hydrogens is 291 g/mol. The van der Waals surface area contributed by atoms with Crippen LogP contribution in [0.5, 0.6) is 0 Å². The first kappa shape index (κ1) is 15.5. The van der Waals surface area contributed by atoms with Crippen LogP contribution in [-0.4, -0.2) is 10.5 Å². The molecule has 0 radical (unpaired) electrons. The summed E-state index contributed by atoms with van der Waals surface area (Å²) in [6.07, 6.45) is 0. The number of aromatic nitrogens is 1. The Labute approximate surface area is 127 Å². The van der Waals surface area contributed by atoms with E-state index in [1.807, 2.05) is 18.4 Å². The molecule has 1 aromatic carbocycles. The fourth-order valence-corrected chi connectivity index (χ4v) is 3.58. The highest BCUT2D eigenvalue weighted by Gasteiger charge is 2.15. The van der Waals surface area contributed by atoms with E-state index in [1.165, 1.54) is 17.8 Å². The van der Waals surface area contributed by atoms with E-state index >= 15 is 0 Å². The molecule has 5 heteroatoms. The quantitative estimate of drug-likeness (QED) is 0.891. The van der Waals surface area contributed by atoms with E-state index in [-0.39, 0.29) is 11.4 Å². The molecular formula is C15H19FN2S2. The van der Waals surface area contributed by atoms with Crippen molar-refractivity contribution < 1.29 is 4.39 Å². The van der Waals surface area contributed by atoms with Crippen LogP contribution in [0.1, 0.15) is 32.0 Å². The molecule has 1 aromatic heterocycles. The third-order valence-corrected chi connectivity index (χ3v) is 4.83. The maximum absolute atomic E-state index is 14.1. The Bertz CT molecular complexity index is 588. The lowest BCUT2D eigenvalue weighted by Gasteiger charge is -2.21. The van der Waals surface area contributed by atoms with Crippen LogP contribution in [0.2, 0.25) is 0 Å². The normalized spacial score (nSPS) is 11.8. The molecule has 1 heterocycles. The second-order valence-corrected chi connectivity index (χ2v) is 7.82. The van der Waals surface area contributed by atoms with Crippen molar-refractivity contribution in [3.8, 4) is 0 Å². The van der Waals surface area contributed by atoms with Crippen molar-refractivity contribution >= 4 is 23.1 Å². The van der Waals surface area contributed by atoms with Gasteiger partial charge in [-0.2, -0.15) is 0 Å². The van der Waals surface area contributed by atoms with E-state index in [4.69, 9.17) is 0 Å². The molecule has 2 nitrogen and oxygen atoms in total. The average molecular weight is 310 g/mol. The van der Waals surface area contributed by atoms with Crippen LogP contribution in [0.3, 0.4) is 0 Å². The summed E-state index contributed by atoms with van der Waals surface area (Å²) in [6.45, 7) is 8.71. The van der Waals surface area contributed by atoms with Gasteiger partial charge in [-0.15, -0.1) is 11.3 Å². The second-order valence-electron chi connectivity index (χ2n) is 5.68. The highest BCUT2D eigenvalue weighted by atomic mass is 32.2. The first-order chi connectivity index (χ1) is 9.35. The molecule has 0 aliphatic carbocycles. The highest BCUT2D eigenvalue weighted by Crippen LogP contribution is 2.33. The zero-order valence-electron chi connectivity index (χ0n) is 12.2. The predicted molar refractivity (Wildman–Crippen MR) is 84.0 cm³/mol. The van der Waals surface area contributed by atoms with E-state index < -0.39 is 0 Å². The number of hydrogen-bond donors (Lipinski definition) is 1. The Hall–Kier alpha value is -0.910. The zero-order valence-corrected chi connectivity index (χ0v) is 13.8. The Morgan fingerprint density at radius 3 is 2.70 bits per heavy atom. The van der Waals surface area contributed by atoms with Crippen LogP contribution in [0.4, 0.5) is 4.39 Å². The Kier molecular flexibility index (Phi) is 4.83. The number of halogens is 1. The fraction of sp³-hybridized carbons (Fsp3) is 0.400. The maximum Gasteiger partial charge on any atom is 0.154 e. The molecule has 1 N–H and O–H groups in total. The van der Waals surface area contributed by atoms with E-state index in [9.17, 15) is 4.39 Å². The summed E-state index contributed by atoms with van der Waals surface area (Å²) >= 11 is 3.12. The molecule has 0 aliphatic rings. The highest BCUT2D eigenvalue weighted by molar-refractivity contribution is 8.01. The molecule has 0 atom stereocenters. The molecule has 0 spiro atoms. The monoisotopic (exact) mass is 310 g/mol. The van der Waals surface area contributed by atoms with Crippen molar-refractivity contribution in [1.29, 1.82) is 0 Å². The zero-order chi connectivity index (χ0) is 14.8. The van der Waals surface area contributed by atoms with E-state index in [1.54, 1.807) is 17.4 Å². The number of thiazole rings is 1. The Morgan fingerprint density at radius 2 is 2.10 bits per heavy atom. The first-order valence-electron chi connectivity index (χ1n) is 6.47. The smallest absolute Gasteiger partial charge is 0.154 e. The minimum Gasteiger partial charge on any atom is -0.308 e. The Morgan fingerprint density at radius 1 is 1.35 bits per heavy atom. The van der Waals surface area contributed by atoms with Crippen LogP contribution in [0, 0.1) is 12.7 Å². The largest absolute Gasteiger partial charge is 0.308 e. The van der Waals surface area contributed by atoms with Crippen LogP contribution in [0.15, 0.2) is 32.8 Å². The maximum atomic E-state index is 14.1. The first-order valence-corrected chi connectivity index (χ1v) is 8.17. The van der Waals surface area contributed by atoms with Crippen molar-refractivity contribution in [1.82, 2.24) is 10.3 Å². The number of hydrogen-bond acceptors (Lipinski definition) is 4. The third-order valence-electron chi connectivity index (χ3n) is 2.67. The molecule has 0 bridgehead atoms. The van der Waals surface area contributed by atoms with E-state index in [0.717, 1.165) is 14.9 Å². The van der Waals surface area contributed by atoms with Crippen molar-refractivity contribution in [2.75, 3.05) is 0 Å². The van der Waals surface area contributed by atoms with Gasteiger partial charge in [-0.3, -0.25) is 0 Å². The van der Waals surface area contributed by atoms with Crippen molar-refractivity contribution in [2.45, 2.75) is 49.0 Å². The SMILES string of the molecule is Cc1csc(Sc2cccc(F)c2CNC(C)(C)C)n1. The molecule has 0 aliphatic heterocycles. The molecule has 0 fully saturated rings. The van der Waals surface area contributed by atoms with Gasteiger partial charge < -0.3 is 5.32 Å².